The maximum atomic E-state index is 11.3. The average molecular weight is 218 g/mol. The molecule has 0 aliphatic heterocycles. The summed E-state index contributed by atoms with van der Waals surface area (Å²) in [5.74, 6) is -0.0184. The van der Waals surface area contributed by atoms with Crippen LogP contribution in [0, 0.1) is 6.92 Å². The van der Waals surface area contributed by atoms with Crippen LogP contribution >= 0.6 is 0 Å². The van der Waals surface area contributed by atoms with E-state index in [0.29, 0.717) is 17.1 Å². The van der Waals surface area contributed by atoms with Crippen molar-refractivity contribution in [2.24, 2.45) is 0 Å². The number of carbonyl (C=O) groups excluding carboxylic acids is 1. The summed E-state index contributed by atoms with van der Waals surface area (Å²) in [6.07, 6.45) is 3.04. The van der Waals surface area contributed by atoms with Crippen LogP contribution < -0.4 is 0 Å². The Hall–Kier alpha value is -2.17. The van der Waals surface area contributed by atoms with Gasteiger partial charge in [-0.15, -0.1) is 0 Å². The molecular weight excluding hydrogens is 208 g/mol. The quantitative estimate of drug-likeness (QED) is 0.719. The van der Waals surface area contributed by atoms with Crippen LogP contribution in [-0.4, -0.2) is 23.0 Å². The summed E-state index contributed by atoms with van der Waals surface area (Å²) >= 11 is 0. The molecular formula is C11H10N2O3. The number of hydrogen-bond acceptors (Lipinski definition) is 5. The molecule has 0 unspecified atom stereocenters. The normalized spacial score (nSPS) is 10.1. The number of aromatic nitrogens is 2. The fourth-order valence-corrected chi connectivity index (χ4v) is 1.26. The molecule has 2 heterocycles. The number of esters is 1. The van der Waals surface area contributed by atoms with Crippen LogP contribution in [0.3, 0.4) is 0 Å². The predicted molar refractivity (Wildman–Crippen MR) is 55.8 cm³/mol. The zero-order chi connectivity index (χ0) is 11.5. The molecule has 0 aliphatic rings. The van der Waals surface area contributed by atoms with E-state index in [2.05, 4.69) is 14.7 Å². The zero-order valence-corrected chi connectivity index (χ0v) is 8.93. The third kappa shape index (κ3) is 1.93. The molecule has 2 aromatic heterocycles. The minimum absolute atomic E-state index is 0.392. The number of methoxy groups -OCH3 is 1. The molecule has 2 rings (SSSR count). The summed E-state index contributed by atoms with van der Waals surface area (Å²) in [5.41, 5.74) is 1.69. The molecule has 0 aromatic carbocycles. The van der Waals surface area contributed by atoms with Crippen LogP contribution in [0.4, 0.5) is 0 Å². The van der Waals surface area contributed by atoms with E-state index in [1.165, 1.54) is 19.6 Å². The van der Waals surface area contributed by atoms with E-state index in [1.807, 2.05) is 6.92 Å². The van der Waals surface area contributed by atoms with E-state index in [9.17, 15) is 4.79 Å². The first-order valence-corrected chi connectivity index (χ1v) is 4.67. The second-order valence-corrected chi connectivity index (χ2v) is 3.22. The fraction of sp³-hybridized carbons (Fsp3) is 0.182. The summed E-state index contributed by atoms with van der Waals surface area (Å²) in [6, 6.07) is 3.15. The molecule has 0 amide bonds. The number of nitrogens with zero attached hydrogens (tertiary/aromatic N) is 2. The van der Waals surface area contributed by atoms with Gasteiger partial charge in [0.15, 0.2) is 0 Å². The number of rotatable bonds is 2. The van der Waals surface area contributed by atoms with E-state index in [1.54, 1.807) is 12.1 Å². The number of carbonyl (C=O) groups is 1. The van der Waals surface area contributed by atoms with Crippen LogP contribution in [0.25, 0.3) is 11.6 Å². The Bertz CT molecular complexity index is 519. The minimum Gasteiger partial charge on any atom is -0.465 e. The fourth-order valence-electron chi connectivity index (χ4n) is 1.26. The molecule has 0 radical (unpaired) electrons. The monoisotopic (exact) mass is 218 g/mol. The highest BCUT2D eigenvalue weighted by Gasteiger charge is 2.10. The Kier molecular flexibility index (Phi) is 2.68. The Morgan fingerprint density at radius 2 is 2.31 bits per heavy atom. The van der Waals surface area contributed by atoms with Crippen LogP contribution in [-0.2, 0) is 4.74 Å². The molecule has 5 heteroatoms. The first-order valence-electron chi connectivity index (χ1n) is 4.67. The van der Waals surface area contributed by atoms with Crippen molar-refractivity contribution in [3.63, 3.8) is 0 Å². The summed E-state index contributed by atoms with van der Waals surface area (Å²) in [7, 11) is 1.33. The van der Waals surface area contributed by atoms with Crippen LogP contribution in [0.2, 0.25) is 0 Å². The second-order valence-electron chi connectivity index (χ2n) is 3.22. The first-order chi connectivity index (χ1) is 7.70. The van der Waals surface area contributed by atoms with Gasteiger partial charge >= 0.3 is 5.97 Å². The first kappa shape index (κ1) is 10.4. The van der Waals surface area contributed by atoms with Crippen molar-refractivity contribution in [3.8, 4) is 11.6 Å². The molecule has 2 aromatic rings. The lowest BCUT2D eigenvalue weighted by Crippen LogP contribution is -2.01. The van der Waals surface area contributed by atoms with Gasteiger partial charge in [-0.05, 0) is 19.1 Å². The molecule has 16 heavy (non-hydrogen) atoms. The average Bonchev–Trinajstić information content (AvgIpc) is 2.75. The summed E-state index contributed by atoms with van der Waals surface area (Å²) < 4.78 is 9.81. The lowest BCUT2D eigenvalue weighted by atomic mass is 10.2. The highest BCUT2D eigenvalue weighted by molar-refractivity contribution is 5.90. The van der Waals surface area contributed by atoms with Crippen LogP contribution in [0.1, 0.15) is 16.1 Å². The minimum atomic E-state index is -0.410. The third-order valence-electron chi connectivity index (χ3n) is 2.02. The molecule has 0 spiro atoms. The van der Waals surface area contributed by atoms with Crippen LogP contribution in [0.5, 0.6) is 0 Å². The highest BCUT2D eigenvalue weighted by atomic mass is 16.5. The largest absolute Gasteiger partial charge is 0.465 e. The SMILES string of the molecule is COC(=O)c1ccnc(-c2nc(C)co2)c1. The predicted octanol–water partition coefficient (Wildman–Crippen LogP) is 1.83. The smallest absolute Gasteiger partial charge is 0.337 e. The number of ether oxygens (including phenoxy) is 1. The lowest BCUT2D eigenvalue weighted by Gasteiger charge is -1.99. The molecule has 0 atom stereocenters. The molecule has 5 nitrogen and oxygen atoms in total. The van der Waals surface area contributed by atoms with Gasteiger partial charge in [-0.3, -0.25) is 4.98 Å². The molecule has 0 saturated carbocycles. The van der Waals surface area contributed by atoms with E-state index < -0.39 is 5.97 Å². The molecule has 0 aliphatic carbocycles. The van der Waals surface area contributed by atoms with Gasteiger partial charge in [0.2, 0.25) is 5.89 Å². The second kappa shape index (κ2) is 4.14. The van der Waals surface area contributed by atoms with Gasteiger partial charge in [-0.1, -0.05) is 0 Å². The van der Waals surface area contributed by atoms with E-state index in [0.717, 1.165) is 5.69 Å². The van der Waals surface area contributed by atoms with Gasteiger partial charge in [-0.25, -0.2) is 9.78 Å². The van der Waals surface area contributed by atoms with Crippen molar-refractivity contribution >= 4 is 5.97 Å². The van der Waals surface area contributed by atoms with Gasteiger partial charge < -0.3 is 9.15 Å². The van der Waals surface area contributed by atoms with E-state index in [4.69, 9.17) is 4.42 Å². The maximum absolute atomic E-state index is 11.3. The van der Waals surface area contributed by atoms with Gasteiger partial charge in [0.1, 0.15) is 12.0 Å². The molecule has 0 bridgehead atoms. The van der Waals surface area contributed by atoms with Gasteiger partial charge in [-0.2, -0.15) is 0 Å². The zero-order valence-electron chi connectivity index (χ0n) is 8.93. The Morgan fingerprint density at radius 3 is 2.94 bits per heavy atom. The summed E-state index contributed by atoms with van der Waals surface area (Å²) in [6.45, 7) is 1.82. The Labute approximate surface area is 92.1 Å². The van der Waals surface area contributed by atoms with Gasteiger partial charge in [0.25, 0.3) is 0 Å². The van der Waals surface area contributed by atoms with E-state index >= 15 is 0 Å². The molecule has 0 saturated heterocycles. The Balaban J connectivity index is 2.39. The molecule has 82 valence electrons. The number of oxazole rings is 1. The molecule has 0 fully saturated rings. The number of aryl methyl sites for hydroxylation is 1. The third-order valence-corrected chi connectivity index (χ3v) is 2.02. The lowest BCUT2D eigenvalue weighted by molar-refractivity contribution is 0.0600. The highest BCUT2D eigenvalue weighted by Crippen LogP contribution is 2.17. The van der Waals surface area contributed by atoms with Crippen molar-refractivity contribution in [2.75, 3.05) is 7.11 Å². The van der Waals surface area contributed by atoms with Crippen molar-refractivity contribution in [1.82, 2.24) is 9.97 Å². The summed E-state index contributed by atoms with van der Waals surface area (Å²) in [4.78, 5) is 19.5. The van der Waals surface area contributed by atoms with Gasteiger partial charge in [0.05, 0.1) is 18.4 Å². The Morgan fingerprint density at radius 1 is 1.50 bits per heavy atom. The molecule has 0 N–H and O–H groups in total. The van der Waals surface area contributed by atoms with Crippen molar-refractivity contribution in [2.45, 2.75) is 6.92 Å². The summed E-state index contributed by atoms with van der Waals surface area (Å²) in [5, 5.41) is 0. The number of hydrogen-bond donors (Lipinski definition) is 0. The van der Waals surface area contributed by atoms with Crippen molar-refractivity contribution < 1.29 is 13.9 Å². The van der Waals surface area contributed by atoms with Crippen molar-refractivity contribution in [3.05, 3.63) is 35.9 Å². The van der Waals surface area contributed by atoms with Crippen LogP contribution in [0.15, 0.2) is 29.0 Å². The topological polar surface area (TPSA) is 65.2 Å². The van der Waals surface area contributed by atoms with Gasteiger partial charge in [0, 0.05) is 6.20 Å². The standard InChI is InChI=1S/C11H10N2O3/c1-7-6-16-10(13-7)9-5-8(3-4-12-9)11(14)15-2/h3-6H,1-2H3. The van der Waals surface area contributed by atoms with E-state index in [-0.39, 0.29) is 0 Å². The van der Waals surface area contributed by atoms with Crippen molar-refractivity contribution in [1.29, 1.82) is 0 Å². The number of pyridine rings is 1. The maximum Gasteiger partial charge on any atom is 0.337 e.